The minimum Gasteiger partial charge on any atom is -0.493 e. The van der Waals surface area contributed by atoms with Crippen LogP contribution in [0.1, 0.15) is 16.7 Å². The lowest BCUT2D eigenvalue weighted by molar-refractivity contribution is -0.117. The van der Waals surface area contributed by atoms with Gasteiger partial charge < -0.3 is 19.5 Å². The van der Waals surface area contributed by atoms with Gasteiger partial charge in [0.1, 0.15) is 5.50 Å². The molecule has 29 heavy (non-hydrogen) atoms. The summed E-state index contributed by atoms with van der Waals surface area (Å²) in [6, 6.07) is 12.2. The van der Waals surface area contributed by atoms with Crippen molar-refractivity contribution in [3.63, 3.8) is 0 Å². The molecule has 2 aromatic carbocycles. The van der Waals surface area contributed by atoms with Crippen molar-refractivity contribution in [2.75, 3.05) is 27.9 Å². The van der Waals surface area contributed by atoms with E-state index in [9.17, 15) is 4.79 Å². The van der Waals surface area contributed by atoms with Crippen molar-refractivity contribution in [3.8, 4) is 17.2 Å². The Hall–Kier alpha value is -2.64. The number of rotatable bonds is 5. The molecule has 1 N–H and O–H groups in total. The molecule has 1 amide bonds. The van der Waals surface area contributed by atoms with Gasteiger partial charge in [-0.05, 0) is 41.3 Å². The Morgan fingerprint density at radius 1 is 1.07 bits per heavy atom. The Balaban J connectivity index is 1.55. The Morgan fingerprint density at radius 2 is 1.76 bits per heavy atom. The molecule has 2 aromatic rings. The van der Waals surface area contributed by atoms with Gasteiger partial charge in [-0.3, -0.25) is 9.69 Å². The lowest BCUT2D eigenvalue weighted by Gasteiger charge is -2.32. The second kappa shape index (κ2) is 8.39. The van der Waals surface area contributed by atoms with E-state index in [-0.39, 0.29) is 11.4 Å². The fraction of sp³-hybridized carbons (Fsp3) is 0.318. The molecule has 6 nitrogen and oxygen atoms in total. The number of hydrogen-bond acceptors (Lipinski definition) is 6. The van der Waals surface area contributed by atoms with Gasteiger partial charge in [0.15, 0.2) is 11.5 Å². The summed E-state index contributed by atoms with van der Waals surface area (Å²) in [7, 11) is 4.73. The van der Waals surface area contributed by atoms with Gasteiger partial charge in [-0.15, -0.1) is 0 Å². The summed E-state index contributed by atoms with van der Waals surface area (Å²) in [5.74, 6) is 1.59. The van der Waals surface area contributed by atoms with E-state index in [1.165, 1.54) is 11.1 Å². The lowest BCUT2D eigenvalue weighted by Crippen LogP contribution is -2.44. The SMILES string of the molecule is COc1cc(/C=C2\SC(N3CCc4ccccc4C3)NC2=O)cc(OC)c1OC. The highest BCUT2D eigenvalue weighted by Gasteiger charge is 2.33. The van der Waals surface area contributed by atoms with E-state index in [2.05, 4.69) is 34.5 Å². The number of ether oxygens (including phenoxy) is 3. The Labute approximate surface area is 174 Å². The van der Waals surface area contributed by atoms with Crippen molar-refractivity contribution in [2.24, 2.45) is 0 Å². The molecule has 1 atom stereocenters. The first-order valence-electron chi connectivity index (χ1n) is 9.43. The molecule has 0 aliphatic carbocycles. The van der Waals surface area contributed by atoms with E-state index >= 15 is 0 Å². The van der Waals surface area contributed by atoms with Crippen LogP contribution in [0.5, 0.6) is 17.2 Å². The number of amides is 1. The van der Waals surface area contributed by atoms with Crippen molar-refractivity contribution in [1.82, 2.24) is 10.2 Å². The topological polar surface area (TPSA) is 60.0 Å². The van der Waals surface area contributed by atoms with Crippen LogP contribution in [-0.2, 0) is 17.8 Å². The first-order valence-corrected chi connectivity index (χ1v) is 10.3. The molecule has 1 unspecified atom stereocenters. The lowest BCUT2D eigenvalue weighted by atomic mass is 10.0. The highest BCUT2D eigenvalue weighted by atomic mass is 32.2. The molecule has 0 spiro atoms. The molecule has 2 aliphatic heterocycles. The van der Waals surface area contributed by atoms with E-state index in [4.69, 9.17) is 14.2 Å². The molecule has 0 bridgehead atoms. The van der Waals surface area contributed by atoms with Crippen molar-refractivity contribution in [2.45, 2.75) is 18.5 Å². The smallest absolute Gasteiger partial charge is 0.259 e. The Bertz CT molecular complexity index is 935. The molecule has 1 fully saturated rings. The zero-order valence-corrected chi connectivity index (χ0v) is 17.5. The zero-order valence-electron chi connectivity index (χ0n) is 16.7. The van der Waals surface area contributed by atoms with Gasteiger partial charge in [-0.2, -0.15) is 0 Å². The Morgan fingerprint density at radius 3 is 2.41 bits per heavy atom. The predicted octanol–water partition coefficient (Wildman–Crippen LogP) is 3.26. The van der Waals surface area contributed by atoms with Gasteiger partial charge >= 0.3 is 0 Å². The molecular formula is C22H24N2O4S. The molecule has 7 heteroatoms. The van der Waals surface area contributed by atoms with Crippen LogP contribution in [0.4, 0.5) is 0 Å². The normalized spacial score (nSPS) is 20.3. The monoisotopic (exact) mass is 412 g/mol. The summed E-state index contributed by atoms with van der Waals surface area (Å²) in [5, 5.41) is 3.10. The predicted molar refractivity (Wildman–Crippen MR) is 114 cm³/mol. The van der Waals surface area contributed by atoms with Crippen LogP contribution < -0.4 is 19.5 Å². The quantitative estimate of drug-likeness (QED) is 0.761. The second-order valence-electron chi connectivity index (χ2n) is 6.90. The van der Waals surface area contributed by atoms with Gasteiger partial charge in [0.2, 0.25) is 5.75 Å². The highest BCUT2D eigenvalue weighted by molar-refractivity contribution is 8.05. The van der Waals surface area contributed by atoms with E-state index in [1.807, 2.05) is 18.2 Å². The van der Waals surface area contributed by atoms with Gasteiger partial charge in [0.05, 0.1) is 26.2 Å². The molecule has 2 aliphatic rings. The largest absolute Gasteiger partial charge is 0.493 e. The number of nitrogens with one attached hydrogen (secondary N) is 1. The molecule has 4 rings (SSSR count). The number of hydrogen-bond donors (Lipinski definition) is 1. The Kier molecular flexibility index (Phi) is 5.69. The van der Waals surface area contributed by atoms with Gasteiger partial charge in [-0.1, -0.05) is 36.0 Å². The summed E-state index contributed by atoms with van der Waals surface area (Å²) in [5.41, 5.74) is 3.48. The average Bonchev–Trinajstić information content (AvgIpc) is 3.12. The maximum Gasteiger partial charge on any atom is 0.259 e. The molecule has 1 saturated heterocycles. The molecular weight excluding hydrogens is 388 g/mol. The average molecular weight is 413 g/mol. The molecule has 0 aromatic heterocycles. The summed E-state index contributed by atoms with van der Waals surface area (Å²) in [6.45, 7) is 1.76. The minimum absolute atomic E-state index is 0.0624. The maximum absolute atomic E-state index is 12.6. The third-order valence-electron chi connectivity index (χ3n) is 5.19. The standard InChI is InChI=1S/C22H24N2O4S/c1-26-17-10-14(11-18(27-2)20(17)28-3)12-19-21(25)23-22(29-19)24-9-8-15-6-4-5-7-16(15)13-24/h4-7,10-12,22H,8-9,13H2,1-3H3,(H,23,25)/b19-12-. The summed E-state index contributed by atoms with van der Waals surface area (Å²) in [6.07, 6.45) is 2.86. The van der Waals surface area contributed by atoms with E-state index < -0.39 is 0 Å². The van der Waals surface area contributed by atoms with Crippen molar-refractivity contribution in [1.29, 1.82) is 0 Å². The third kappa shape index (κ3) is 3.93. The molecule has 2 heterocycles. The minimum atomic E-state index is -0.0656. The van der Waals surface area contributed by atoms with Gasteiger partial charge in [0, 0.05) is 13.1 Å². The first kappa shape index (κ1) is 19.7. The molecule has 152 valence electrons. The summed E-state index contributed by atoms with van der Waals surface area (Å²) >= 11 is 1.55. The number of methoxy groups -OCH3 is 3. The zero-order chi connectivity index (χ0) is 20.4. The van der Waals surface area contributed by atoms with Gasteiger partial charge in [0.25, 0.3) is 5.91 Å². The fourth-order valence-electron chi connectivity index (χ4n) is 3.71. The van der Waals surface area contributed by atoms with Gasteiger partial charge in [-0.25, -0.2) is 0 Å². The number of fused-ring (bicyclic) bond motifs is 1. The van der Waals surface area contributed by atoms with Crippen LogP contribution in [-0.4, -0.2) is 44.2 Å². The van der Waals surface area contributed by atoms with Crippen LogP contribution in [0, 0.1) is 0 Å². The van der Waals surface area contributed by atoms with E-state index in [1.54, 1.807) is 33.1 Å². The van der Waals surface area contributed by atoms with Crippen molar-refractivity contribution < 1.29 is 19.0 Å². The van der Waals surface area contributed by atoms with Crippen LogP contribution in [0.25, 0.3) is 6.08 Å². The number of carbonyl (C=O) groups is 1. The maximum atomic E-state index is 12.6. The number of thioether (sulfide) groups is 1. The third-order valence-corrected chi connectivity index (χ3v) is 6.39. The number of carbonyl (C=O) groups excluding carboxylic acids is 1. The second-order valence-corrected chi connectivity index (χ2v) is 8.02. The van der Waals surface area contributed by atoms with Crippen LogP contribution in [0.15, 0.2) is 41.3 Å². The van der Waals surface area contributed by atoms with E-state index in [0.29, 0.717) is 22.2 Å². The number of benzene rings is 2. The summed E-state index contributed by atoms with van der Waals surface area (Å²) < 4.78 is 16.2. The van der Waals surface area contributed by atoms with Crippen LogP contribution in [0.2, 0.25) is 0 Å². The van der Waals surface area contributed by atoms with Crippen LogP contribution >= 0.6 is 11.8 Å². The highest BCUT2D eigenvalue weighted by Crippen LogP contribution is 2.40. The first-order chi connectivity index (χ1) is 14.1. The fourth-order valence-corrected chi connectivity index (χ4v) is 4.81. The van der Waals surface area contributed by atoms with Crippen LogP contribution in [0.3, 0.4) is 0 Å². The number of nitrogens with zero attached hydrogens (tertiary/aromatic N) is 1. The summed E-state index contributed by atoms with van der Waals surface area (Å²) in [4.78, 5) is 15.6. The molecule has 0 saturated carbocycles. The van der Waals surface area contributed by atoms with E-state index in [0.717, 1.165) is 25.1 Å². The van der Waals surface area contributed by atoms with Crippen molar-refractivity contribution >= 4 is 23.7 Å². The molecule has 0 radical (unpaired) electrons. The van der Waals surface area contributed by atoms with Crippen molar-refractivity contribution in [3.05, 3.63) is 58.0 Å².